The van der Waals surface area contributed by atoms with E-state index >= 15 is 0 Å². The summed E-state index contributed by atoms with van der Waals surface area (Å²) in [6.07, 6.45) is 15.3. The number of fused-ring (bicyclic) bond motifs is 5. The molecule has 3 heteroatoms. The number of aliphatic hydroxyl groups is 3. The highest BCUT2D eigenvalue weighted by Gasteiger charge is 2.59. The van der Waals surface area contributed by atoms with E-state index in [0.717, 1.165) is 48.9 Å². The first-order valence-electron chi connectivity index (χ1n) is 14.6. The van der Waals surface area contributed by atoms with Crippen LogP contribution in [0.4, 0.5) is 0 Å². The van der Waals surface area contributed by atoms with Crippen molar-refractivity contribution in [2.24, 2.45) is 46.3 Å². The van der Waals surface area contributed by atoms with E-state index in [-0.39, 0.29) is 18.8 Å². The quantitative estimate of drug-likeness (QED) is 0.401. The van der Waals surface area contributed by atoms with E-state index in [1.807, 2.05) is 13.8 Å². The van der Waals surface area contributed by atoms with Crippen molar-refractivity contribution in [3.63, 3.8) is 0 Å². The van der Waals surface area contributed by atoms with Gasteiger partial charge < -0.3 is 15.3 Å². The van der Waals surface area contributed by atoms with Crippen molar-refractivity contribution in [3.05, 3.63) is 0 Å². The van der Waals surface area contributed by atoms with Gasteiger partial charge in [-0.15, -0.1) is 0 Å². The van der Waals surface area contributed by atoms with Crippen LogP contribution >= 0.6 is 0 Å². The molecule has 4 aliphatic carbocycles. The summed E-state index contributed by atoms with van der Waals surface area (Å²) in [5.41, 5.74) is 1.06. The highest BCUT2D eigenvalue weighted by molar-refractivity contribution is 5.09. The normalized spacial score (nSPS) is 42.6. The van der Waals surface area contributed by atoms with E-state index in [2.05, 4.69) is 27.7 Å². The molecule has 8 unspecified atom stereocenters. The zero-order valence-electron chi connectivity index (χ0n) is 23.2. The van der Waals surface area contributed by atoms with Gasteiger partial charge in [-0.05, 0) is 124 Å². The lowest BCUT2D eigenvalue weighted by Crippen LogP contribution is -2.53. The van der Waals surface area contributed by atoms with Crippen molar-refractivity contribution in [2.75, 3.05) is 6.61 Å². The van der Waals surface area contributed by atoms with Crippen LogP contribution in [-0.2, 0) is 0 Å². The first-order valence-corrected chi connectivity index (χ1v) is 14.6. The van der Waals surface area contributed by atoms with Crippen molar-refractivity contribution in [1.82, 2.24) is 0 Å². The maximum Gasteiger partial charge on any atom is 0.0563 e. The van der Waals surface area contributed by atoms with E-state index in [0.29, 0.717) is 16.7 Å². The lowest BCUT2D eigenvalue weighted by molar-refractivity contribution is -0.127. The summed E-state index contributed by atoms with van der Waals surface area (Å²) in [7, 11) is 0. The number of hydrogen-bond acceptors (Lipinski definition) is 3. The Morgan fingerprint density at radius 3 is 2.12 bits per heavy atom. The minimum atomic E-state index is -0.113. The molecule has 4 fully saturated rings. The lowest BCUT2D eigenvalue weighted by Gasteiger charge is -2.61. The van der Waals surface area contributed by atoms with Crippen molar-refractivity contribution >= 4 is 0 Å². The van der Waals surface area contributed by atoms with Crippen LogP contribution in [0.15, 0.2) is 0 Å². The molecule has 33 heavy (non-hydrogen) atoms. The first kappa shape index (κ1) is 29.1. The van der Waals surface area contributed by atoms with Gasteiger partial charge in [-0.1, -0.05) is 48.0 Å². The van der Waals surface area contributed by atoms with Gasteiger partial charge in [-0.25, -0.2) is 0 Å². The first-order chi connectivity index (χ1) is 15.7. The molecule has 0 radical (unpaired) electrons. The summed E-state index contributed by atoms with van der Waals surface area (Å²) in [6.45, 7) is 15.5. The van der Waals surface area contributed by atoms with Crippen LogP contribution in [0.5, 0.6) is 0 Å². The molecule has 0 aromatic carbocycles. The largest absolute Gasteiger partial charge is 0.397 e. The van der Waals surface area contributed by atoms with Crippen LogP contribution in [0.1, 0.15) is 126 Å². The summed E-state index contributed by atoms with van der Waals surface area (Å²) in [6, 6.07) is 0. The number of aliphatic hydroxyl groups excluding tert-OH is 3. The van der Waals surface area contributed by atoms with Gasteiger partial charge >= 0.3 is 0 Å². The fraction of sp³-hybridized carbons (Fsp3) is 1.00. The Bertz CT molecular complexity index is 563. The molecule has 196 valence electrons. The van der Waals surface area contributed by atoms with E-state index in [1.54, 1.807) is 6.92 Å². The van der Waals surface area contributed by atoms with Crippen molar-refractivity contribution in [3.8, 4) is 0 Å². The van der Waals surface area contributed by atoms with Crippen LogP contribution in [-0.4, -0.2) is 34.1 Å². The van der Waals surface area contributed by atoms with E-state index in [9.17, 15) is 10.2 Å². The highest BCUT2D eigenvalue weighted by Crippen LogP contribution is 2.67. The smallest absolute Gasteiger partial charge is 0.0563 e. The molecule has 0 aromatic rings. The topological polar surface area (TPSA) is 60.7 Å². The predicted molar refractivity (Wildman–Crippen MR) is 140 cm³/mol. The van der Waals surface area contributed by atoms with Crippen LogP contribution in [0.2, 0.25) is 0 Å². The molecule has 4 aliphatic rings. The molecule has 3 nitrogen and oxygen atoms in total. The van der Waals surface area contributed by atoms with Crippen LogP contribution < -0.4 is 0 Å². The summed E-state index contributed by atoms with van der Waals surface area (Å²) < 4.78 is 0. The van der Waals surface area contributed by atoms with Gasteiger partial charge in [0.1, 0.15) is 0 Å². The van der Waals surface area contributed by atoms with Crippen molar-refractivity contribution in [2.45, 2.75) is 138 Å². The van der Waals surface area contributed by atoms with Gasteiger partial charge in [0.05, 0.1) is 12.2 Å². The SMILES string of the molecule is CC.CC(C)C(O)CCCC1CCC2C3CC[C@H]4CC(O)CCC4(C)C3CCC12C.CCO. The second kappa shape index (κ2) is 12.7. The Morgan fingerprint density at radius 1 is 0.879 bits per heavy atom. The monoisotopic (exact) mass is 466 g/mol. The van der Waals surface area contributed by atoms with Crippen molar-refractivity contribution < 1.29 is 15.3 Å². The molecule has 0 amide bonds. The Morgan fingerprint density at radius 2 is 1.48 bits per heavy atom. The summed E-state index contributed by atoms with van der Waals surface area (Å²) in [5.74, 6) is 4.86. The average Bonchev–Trinajstić information content (AvgIpc) is 3.12. The van der Waals surface area contributed by atoms with Crippen LogP contribution in [0.25, 0.3) is 0 Å². The van der Waals surface area contributed by atoms with E-state index in [1.165, 1.54) is 57.8 Å². The highest BCUT2D eigenvalue weighted by atomic mass is 16.3. The molecule has 0 saturated heterocycles. The minimum Gasteiger partial charge on any atom is -0.397 e. The number of hydrogen-bond donors (Lipinski definition) is 3. The van der Waals surface area contributed by atoms with Gasteiger partial charge in [0.25, 0.3) is 0 Å². The third kappa shape index (κ3) is 6.18. The second-order valence-electron chi connectivity index (χ2n) is 12.5. The summed E-state index contributed by atoms with van der Waals surface area (Å²) in [5, 5.41) is 28.0. The molecule has 4 saturated carbocycles. The Labute approximate surface area is 206 Å². The fourth-order valence-electron chi connectivity index (χ4n) is 8.73. The van der Waals surface area contributed by atoms with E-state index in [4.69, 9.17) is 5.11 Å². The lowest BCUT2D eigenvalue weighted by atomic mass is 9.44. The molecule has 0 aliphatic heterocycles. The third-order valence-corrected chi connectivity index (χ3v) is 10.7. The Kier molecular flexibility index (Phi) is 11.2. The molecule has 3 N–H and O–H groups in total. The average molecular weight is 467 g/mol. The molecule has 9 atom stereocenters. The predicted octanol–water partition coefficient (Wildman–Crippen LogP) is 7.22. The van der Waals surface area contributed by atoms with Crippen molar-refractivity contribution in [1.29, 1.82) is 0 Å². The summed E-state index contributed by atoms with van der Waals surface area (Å²) >= 11 is 0. The molecule has 0 heterocycles. The maximum atomic E-state index is 10.2. The molecular formula is C30H58O3. The second-order valence-corrected chi connectivity index (χ2v) is 12.5. The van der Waals surface area contributed by atoms with Crippen LogP contribution in [0.3, 0.4) is 0 Å². The van der Waals surface area contributed by atoms with Gasteiger partial charge in [0, 0.05) is 6.61 Å². The van der Waals surface area contributed by atoms with Crippen LogP contribution in [0, 0.1) is 46.3 Å². The standard InChI is InChI=1S/C26H46O2.C2H6O.C2H6/c1-17(2)24(28)7-5-6-18-9-11-22-21-10-8-19-16-20(27)12-14-26(19,4)23(21)13-15-25(18,22)3;1-2-3;1-2/h17-24,27-28H,5-16H2,1-4H3;3H,2H2,1H3;1-2H3/t18?,19-,20?,21?,22?,23?,24?,25?,26?;;/m0../s1. The zero-order chi connectivity index (χ0) is 24.8. The van der Waals surface area contributed by atoms with Gasteiger partial charge in [-0.3, -0.25) is 0 Å². The molecular weight excluding hydrogens is 408 g/mol. The minimum absolute atomic E-state index is 0.0273. The number of rotatable bonds is 5. The molecule has 0 bridgehead atoms. The molecule has 0 aromatic heterocycles. The third-order valence-electron chi connectivity index (χ3n) is 10.7. The zero-order valence-corrected chi connectivity index (χ0v) is 23.2. The van der Waals surface area contributed by atoms with Gasteiger partial charge in [0.2, 0.25) is 0 Å². The maximum absolute atomic E-state index is 10.2. The van der Waals surface area contributed by atoms with Gasteiger partial charge in [0.15, 0.2) is 0 Å². The Hall–Kier alpha value is -0.120. The summed E-state index contributed by atoms with van der Waals surface area (Å²) in [4.78, 5) is 0. The molecule has 0 spiro atoms. The Balaban J connectivity index is 0.000000714. The van der Waals surface area contributed by atoms with Gasteiger partial charge in [-0.2, -0.15) is 0 Å². The van der Waals surface area contributed by atoms with E-state index < -0.39 is 0 Å². The molecule has 4 rings (SSSR count). The fourth-order valence-corrected chi connectivity index (χ4v) is 8.73.